The lowest BCUT2D eigenvalue weighted by Gasteiger charge is -2.15. The normalized spacial score (nSPS) is 14.5. The van der Waals surface area contributed by atoms with E-state index in [1.54, 1.807) is 0 Å². The quantitative estimate of drug-likeness (QED) is 0.770. The first kappa shape index (κ1) is 16.5. The Morgan fingerprint density at radius 1 is 1.04 bits per heavy atom. The molecule has 1 N–H and O–H groups in total. The van der Waals surface area contributed by atoms with Crippen molar-refractivity contribution in [3.05, 3.63) is 72.1 Å². The van der Waals surface area contributed by atoms with Crippen LogP contribution in [0.5, 0.6) is 0 Å². The first-order valence-corrected chi connectivity index (χ1v) is 8.88. The van der Waals surface area contributed by atoms with Gasteiger partial charge in [-0.3, -0.25) is 9.69 Å². The predicted octanol–water partition coefficient (Wildman–Crippen LogP) is 3.12. The average molecular weight is 347 g/mol. The molecule has 6 heteroatoms. The van der Waals surface area contributed by atoms with Gasteiger partial charge in [-0.05, 0) is 55.8 Å². The first-order chi connectivity index (χ1) is 12.8. The Kier molecular flexibility index (Phi) is 4.75. The van der Waals surface area contributed by atoms with Crippen molar-refractivity contribution in [2.24, 2.45) is 0 Å². The Morgan fingerprint density at radius 2 is 1.85 bits per heavy atom. The maximum absolute atomic E-state index is 12.5. The SMILES string of the molecule is O=C(Nc1cccc(CN2CCCC2)c1)c1cnn(-c2ccccc2)n1. The highest BCUT2D eigenvalue weighted by Crippen LogP contribution is 2.16. The molecule has 0 unspecified atom stereocenters. The third-order valence-electron chi connectivity index (χ3n) is 4.50. The highest BCUT2D eigenvalue weighted by Gasteiger charge is 2.14. The van der Waals surface area contributed by atoms with Crippen molar-refractivity contribution in [3.63, 3.8) is 0 Å². The topological polar surface area (TPSA) is 63.1 Å². The molecule has 26 heavy (non-hydrogen) atoms. The van der Waals surface area contributed by atoms with Gasteiger partial charge < -0.3 is 5.32 Å². The molecule has 1 amide bonds. The fourth-order valence-electron chi connectivity index (χ4n) is 3.19. The molecular formula is C20H21N5O. The Labute approximate surface area is 152 Å². The van der Waals surface area contributed by atoms with Gasteiger partial charge in [0.15, 0.2) is 5.69 Å². The molecule has 2 heterocycles. The van der Waals surface area contributed by atoms with Gasteiger partial charge in [-0.1, -0.05) is 30.3 Å². The summed E-state index contributed by atoms with van der Waals surface area (Å²) in [5.41, 5.74) is 3.09. The van der Waals surface area contributed by atoms with E-state index in [1.165, 1.54) is 29.4 Å². The molecule has 6 nitrogen and oxygen atoms in total. The van der Waals surface area contributed by atoms with Gasteiger partial charge in [0.05, 0.1) is 11.9 Å². The van der Waals surface area contributed by atoms with Gasteiger partial charge in [-0.2, -0.15) is 9.90 Å². The maximum Gasteiger partial charge on any atom is 0.277 e. The van der Waals surface area contributed by atoms with Crippen LogP contribution in [-0.2, 0) is 6.54 Å². The van der Waals surface area contributed by atoms with Crippen molar-refractivity contribution in [1.29, 1.82) is 0 Å². The van der Waals surface area contributed by atoms with E-state index in [4.69, 9.17) is 0 Å². The molecule has 0 saturated carbocycles. The van der Waals surface area contributed by atoms with Crippen molar-refractivity contribution in [3.8, 4) is 5.69 Å². The summed E-state index contributed by atoms with van der Waals surface area (Å²) in [7, 11) is 0. The summed E-state index contributed by atoms with van der Waals surface area (Å²) >= 11 is 0. The number of likely N-dealkylation sites (tertiary alicyclic amines) is 1. The van der Waals surface area contributed by atoms with E-state index in [0.29, 0.717) is 5.69 Å². The Bertz CT molecular complexity index is 884. The number of carbonyl (C=O) groups excluding carboxylic acids is 1. The fraction of sp³-hybridized carbons (Fsp3) is 0.250. The van der Waals surface area contributed by atoms with Crippen LogP contribution in [0.15, 0.2) is 60.8 Å². The van der Waals surface area contributed by atoms with Crippen LogP contribution in [0.25, 0.3) is 5.69 Å². The van der Waals surface area contributed by atoms with Gasteiger partial charge in [0.1, 0.15) is 0 Å². The molecule has 0 radical (unpaired) electrons. The van der Waals surface area contributed by atoms with E-state index in [-0.39, 0.29) is 5.91 Å². The van der Waals surface area contributed by atoms with Gasteiger partial charge in [-0.25, -0.2) is 0 Å². The minimum Gasteiger partial charge on any atom is -0.321 e. The van der Waals surface area contributed by atoms with Crippen LogP contribution < -0.4 is 5.32 Å². The Morgan fingerprint density at radius 3 is 2.65 bits per heavy atom. The molecule has 0 atom stereocenters. The molecule has 0 spiro atoms. The average Bonchev–Trinajstić information content (AvgIpc) is 3.35. The zero-order valence-corrected chi connectivity index (χ0v) is 14.5. The second-order valence-corrected chi connectivity index (χ2v) is 6.49. The number of aromatic nitrogens is 3. The second-order valence-electron chi connectivity index (χ2n) is 6.49. The van der Waals surface area contributed by atoms with E-state index >= 15 is 0 Å². The molecule has 3 aromatic rings. The highest BCUT2D eigenvalue weighted by atomic mass is 16.2. The number of nitrogens with zero attached hydrogens (tertiary/aromatic N) is 4. The molecule has 1 fully saturated rings. The summed E-state index contributed by atoms with van der Waals surface area (Å²) in [6.45, 7) is 3.23. The fourth-order valence-corrected chi connectivity index (χ4v) is 3.19. The highest BCUT2D eigenvalue weighted by molar-refractivity contribution is 6.02. The van der Waals surface area contributed by atoms with Crippen molar-refractivity contribution in [1.82, 2.24) is 19.9 Å². The van der Waals surface area contributed by atoms with Gasteiger partial charge in [0, 0.05) is 12.2 Å². The van der Waals surface area contributed by atoms with Crippen molar-refractivity contribution in [2.75, 3.05) is 18.4 Å². The Balaban J connectivity index is 1.44. The lowest BCUT2D eigenvalue weighted by molar-refractivity contribution is 0.102. The number of hydrogen-bond acceptors (Lipinski definition) is 4. The van der Waals surface area contributed by atoms with Crippen LogP contribution in [0.2, 0.25) is 0 Å². The first-order valence-electron chi connectivity index (χ1n) is 8.88. The lowest BCUT2D eigenvalue weighted by atomic mass is 10.2. The summed E-state index contributed by atoms with van der Waals surface area (Å²) in [6, 6.07) is 17.5. The summed E-state index contributed by atoms with van der Waals surface area (Å²) < 4.78 is 0. The second kappa shape index (κ2) is 7.49. The number of para-hydroxylation sites is 1. The number of anilines is 1. The standard InChI is InChI=1S/C20H21N5O/c26-20(19-14-21-25(23-19)18-9-2-1-3-10-18)22-17-8-6-7-16(13-17)15-24-11-4-5-12-24/h1-3,6-10,13-14H,4-5,11-12,15H2,(H,22,26). The molecule has 4 rings (SSSR count). The smallest absolute Gasteiger partial charge is 0.277 e. The van der Waals surface area contributed by atoms with E-state index in [1.807, 2.05) is 48.5 Å². The number of amides is 1. The van der Waals surface area contributed by atoms with Gasteiger partial charge in [0.25, 0.3) is 5.91 Å². The number of carbonyl (C=O) groups is 1. The molecule has 2 aromatic carbocycles. The zero-order valence-electron chi connectivity index (χ0n) is 14.5. The molecule has 1 aromatic heterocycles. The van der Waals surface area contributed by atoms with Crippen LogP contribution in [0.3, 0.4) is 0 Å². The van der Waals surface area contributed by atoms with Crippen molar-refractivity contribution >= 4 is 11.6 Å². The monoisotopic (exact) mass is 347 g/mol. The van der Waals surface area contributed by atoms with Crippen LogP contribution >= 0.6 is 0 Å². The van der Waals surface area contributed by atoms with E-state index in [9.17, 15) is 4.79 Å². The number of hydrogen-bond donors (Lipinski definition) is 1. The Hall–Kier alpha value is -2.99. The summed E-state index contributed by atoms with van der Waals surface area (Å²) in [4.78, 5) is 16.4. The lowest BCUT2D eigenvalue weighted by Crippen LogP contribution is -2.18. The summed E-state index contributed by atoms with van der Waals surface area (Å²) in [5, 5.41) is 11.4. The largest absolute Gasteiger partial charge is 0.321 e. The zero-order chi connectivity index (χ0) is 17.8. The van der Waals surface area contributed by atoms with E-state index in [2.05, 4.69) is 26.5 Å². The number of nitrogens with one attached hydrogen (secondary N) is 1. The summed E-state index contributed by atoms with van der Waals surface area (Å²) in [5.74, 6) is -0.259. The van der Waals surface area contributed by atoms with Crippen LogP contribution in [0, 0.1) is 0 Å². The molecule has 0 bridgehead atoms. The van der Waals surface area contributed by atoms with Crippen molar-refractivity contribution < 1.29 is 4.79 Å². The van der Waals surface area contributed by atoms with Gasteiger partial charge in [-0.15, -0.1) is 5.10 Å². The van der Waals surface area contributed by atoms with Crippen LogP contribution in [-0.4, -0.2) is 38.9 Å². The van der Waals surface area contributed by atoms with Crippen LogP contribution in [0.4, 0.5) is 5.69 Å². The minimum atomic E-state index is -0.259. The number of rotatable bonds is 5. The molecule has 1 aliphatic heterocycles. The number of benzene rings is 2. The van der Waals surface area contributed by atoms with Crippen LogP contribution in [0.1, 0.15) is 28.9 Å². The van der Waals surface area contributed by atoms with Crippen molar-refractivity contribution in [2.45, 2.75) is 19.4 Å². The minimum absolute atomic E-state index is 0.259. The van der Waals surface area contributed by atoms with Gasteiger partial charge >= 0.3 is 0 Å². The molecular weight excluding hydrogens is 326 g/mol. The maximum atomic E-state index is 12.5. The third kappa shape index (κ3) is 3.81. The molecule has 1 aliphatic rings. The van der Waals surface area contributed by atoms with E-state index < -0.39 is 0 Å². The molecule has 0 aliphatic carbocycles. The third-order valence-corrected chi connectivity index (χ3v) is 4.50. The van der Waals surface area contributed by atoms with E-state index in [0.717, 1.165) is 31.0 Å². The molecule has 1 saturated heterocycles. The molecule has 132 valence electrons. The van der Waals surface area contributed by atoms with Gasteiger partial charge in [0.2, 0.25) is 0 Å². The predicted molar refractivity (Wildman–Crippen MR) is 100 cm³/mol. The summed E-state index contributed by atoms with van der Waals surface area (Å²) in [6.07, 6.45) is 4.03.